The average Bonchev–Trinajstić information content (AvgIpc) is 2.82. The fourth-order valence-corrected chi connectivity index (χ4v) is 2.97. The Morgan fingerprint density at radius 1 is 1.09 bits per heavy atom. The minimum atomic E-state index is -4.60. The van der Waals surface area contributed by atoms with Crippen LogP contribution in [0.15, 0.2) is 17.0 Å². The van der Waals surface area contributed by atoms with Crippen molar-refractivity contribution in [2.24, 2.45) is 0 Å². The van der Waals surface area contributed by atoms with Gasteiger partial charge in [-0.15, -0.1) is 0 Å². The highest BCUT2D eigenvalue weighted by molar-refractivity contribution is 7.89. The predicted octanol–water partition coefficient (Wildman–Crippen LogP) is 1.14. The third-order valence-corrected chi connectivity index (χ3v) is 4.31. The van der Waals surface area contributed by atoms with E-state index in [1.165, 1.54) is 0 Å². The summed E-state index contributed by atoms with van der Waals surface area (Å²) in [6, 6.07) is -1.53. The zero-order chi connectivity index (χ0) is 16.7. The van der Waals surface area contributed by atoms with Crippen LogP contribution in [-0.4, -0.2) is 26.8 Å². The fraction of sp³-hybridized carbons (Fsp3) is 0.400. The van der Waals surface area contributed by atoms with Gasteiger partial charge in [-0.1, -0.05) is 0 Å². The Labute approximate surface area is 120 Å². The fourth-order valence-electron chi connectivity index (χ4n) is 1.79. The minimum Gasteiger partial charge on any atom is -0.244 e. The van der Waals surface area contributed by atoms with Crippen LogP contribution in [0.3, 0.4) is 0 Å². The maximum absolute atomic E-state index is 13.0. The van der Waals surface area contributed by atoms with Crippen LogP contribution in [0.2, 0.25) is 0 Å². The summed E-state index contributed by atoms with van der Waals surface area (Å²) >= 11 is 0. The molecule has 5 nitrogen and oxygen atoms in total. The van der Waals surface area contributed by atoms with Crippen LogP contribution in [0.1, 0.15) is 6.42 Å². The van der Waals surface area contributed by atoms with Gasteiger partial charge in [-0.25, -0.2) is 32.4 Å². The highest BCUT2D eigenvalue weighted by Gasteiger charge is 2.45. The number of nitrogens with one attached hydrogen (secondary N) is 3. The van der Waals surface area contributed by atoms with Gasteiger partial charge in [0.25, 0.3) is 0 Å². The summed E-state index contributed by atoms with van der Waals surface area (Å²) < 4.78 is 102. The molecule has 1 aromatic rings. The second kappa shape index (κ2) is 5.68. The van der Waals surface area contributed by atoms with Gasteiger partial charge < -0.3 is 0 Å². The average molecular weight is 349 g/mol. The standard InChI is InChI=1S/C10H9F6N3O2S/c11-5-1-4(2-6(12)9(5)13)22(20,21)19-8-3-7(17-18-8)10(14,15)16/h1-2,7-8,17-19H,3H2. The second-order valence-electron chi connectivity index (χ2n) is 4.49. The van der Waals surface area contributed by atoms with Crippen molar-refractivity contribution in [1.82, 2.24) is 15.6 Å². The van der Waals surface area contributed by atoms with Gasteiger partial charge in [0, 0.05) is 6.42 Å². The number of halogens is 6. The van der Waals surface area contributed by atoms with Crippen molar-refractivity contribution >= 4 is 10.0 Å². The van der Waals surface area contributed by atoms with Crippen LogP contribution < -0.4 is 15.6 Å². The first-order valence-corrected chi connectivity index (χ1v) is 7.23. The van der Waals surface area contributed by atoms with Gasteiger partial charge >= 0.3 is 6.18 Å². The number of alkyl halides is 3. The molecule has 124 valence electrons. The molecule has 1 fully saturated rings. The lowest BCUT2D eigenvalue weighted by molar-refractivity contribution is -0.153. The van der Waals surface area contributed by atoms with Crippen LogP contribution >= 0.6 is 0 Å². The summed E-state index contributed by atoms with van der Waals surface area (Å²) in [5.41, 5.74) is 3.90. The normalized spacial score (nSPS) is 23.0. The molecule has 1 aliphatic rings. The Morgan fingerprint density at radius 2 is 1.64 bits per heavy atom. The zero-order valence-corrected chi connectivity index (χ0v) is 11.3. The summed E-state index contributed by atoms with van der Waals surface area (Å²) in [4.78, 5) is -0.943. The molecule has 2 rings (SSSR count). The maximum atomic E-state index is 13.0. The molecule has 0 aromatic heterocycles. The molecule has 0 amide bonds. The number of sulfonamides is 1. The van der Waals surface area contributed by atoms with Crippen molar-refractivity contribution in [3.8, 4) is 0 Å². The lowest BCUT2D eigenvalue weighted by Crippen LogP contribution is -2.45. The molecule has 1 saturated heterocycles. The SMILES string of the molecule is O=S(=O)(NC1CC(C(F)(F)F)NN1)c1cc(F)c(F)c(F)c1. The maximum Gasteiger partial charge on any atom is 0.405 e. The molecule has 12 heteroatoms. The topological polar surface area (TPSA) is 70.2 Å². The summed E-state index contributed by atoms with van der Waals surface area (Å²) in [6.07, 6.45) is -6.62. The van der Waals surface area contributed by atoms with Gasteiger partial charge in [-0.2, -0.15) is 17.9 Å². The van der Waals surface area contributed by atoms with Crippen LogP contribution in [-0.2, 0) is 10.0 Å². The van der Waals surface area contributed by atoms with Gasteiger partial charge in [0.2, 0.25) is 10.0 Å². The van der Waals surface area contributed by atoms with Crippen molar-refractivity contribution in [3.05, 3.63) is 29.6 Å². The highest BCUT2D eigenvalue weighted by Crippen LogP contribution is 2.25. The number of benzene rings is 1. The lowest BCUT2D eigenvalue weighted by Gasteiger charge is -2.14. The van der Waals surface area contributed by atoms with Gasteiger partial charge in [0.15, 0.2) is 17.5 Å². The smallest absolute Gasteiger partial charge is 0.244 e. The van der Waals surface area contributed by atoms with E-state index >= 15 is 0 Å². The molecule has 1 aliphatic heterocycles. The molecule has 22 heavy (non-hydrogen) atoms. The van der Waals surface area contributed by atoms with Crippen LogP contribution in [0.25, 0.3) is 0 Å². The number of hydrogen-bond donors (Lipinski definition) is 3. The summed E-state index contributed by atoms with van der Waals surface area (Å²) in [7, 11) is -4.54. The first kappa shape index (κ1) is 17.0. The summed E-state index contributed by atoms with van der Waals surface area (Å²) in [5.74, 6) is -5.31. The van der Waals surface area contributed by atoms with E-state index < -0.39 is 57.2 Å². The quantitative estimate of drug-likeness (QED) is 0.565. The van der Waals surface area contributed by atoms with E-state index in [9.17, 15) is 34.8 Å². The van der Waals surface area contributed by atoms with Crippen molar-refractivity contribution in [2.75, 3.05) is 0 Å². The Balaban J connectivity index is 2.16. The van der Waals surface area contributed by atoms with E-state index in [2.05, 4.69) is 5.43 Å². The van der Waals surface area contributed by atoms with Crippen molar-refractivity contribution in [2.45, 2.75) is 29.7 Å². The highest BCUT2D eigenvalue weighted by atomic mass is 32.2. The van der Waals surface area contributed by atoms with E-state index in [4.69, 9.17) is 0 Å². The molecule has 1 aromatic carbocycles. The zero-order valence-electron chi connectivity index (χ0n) is 10.5. The molecule has 2 atom stereocenters. The molecule has 0 saturated carbocycles. The van der Waals surface area contributed by atoms with Crippen LogP contribution in [0.5, 0.6) is 0 Å². The molecule has 0 aliphatic carbocycles. The second-order valence-corrected chi connectivity index (χ2v) is 6.21. The molecule has 0 radical (unpaired) electrons. The van der Waals surface area contributed by atoms with E-state index in [1.807, 2.05) is 5.43 Å². The van der Waals surface area contributed by atoms with Gasteiger partial charge in [0.05, 0.1) is 11.1 Å². The van der Waals surface area contributed by atoms with Crippen LogP contribution in [0, 0.1) is 17.5 Å². The minimum absolute atomic E-state index is 0.227. The Morgan fingerprint density at radius 3 is 2.09 bits per heavy atom. The molecule has 2 unspecified atom stereocenters. The third kappa shape index (κ3) is 3.51. The Bertz CT molecular complexity index is 655. The monoisotopic (exact) mass is 349 g/mol. The molecular formula is C10H9F6N3O2S. The molecule has 3 N–H and O–H groups in total. The molecular weight excluding hydrogens is 340 g/mol. The summed E-state index contributed by atoms with van der Waals surface area (Å²) in [5, 5.41) is 0. The Kier molecular flexibility index (Phi) is 4.39. The van der Waals surface area contributed by atoms with Gasteiger partial charge in [-0.3, -0.25) is 0 Å². The van der Waals surface area contributed by atoms with Crippen molar-refractivity contribution < 1.29 is 34.8 Å². The van der Waals surface area contributed by atoms with Gasteiger partial charge in [0.1, 0.15) is 6.04 Å². The van der Waals surface area contributed by atoms with Crippen molar-refractivity contribution in [1.29, 1.82) is 0 Å². The summed E-state index contributed by atoms with van der Waals surface area (Å²) in [6.45, 7) is 0. The lowest BCUT2D eigenvalue weighted by atomic mass is 10.2. The number of hydrogen-bond acceptors (Lipinski definition) is 4. The van der Waals surface area contributed by atoms with E-state index in [-0.39, 0.29) is 12.1 Å². The van der Waals surface area contributed by atoms with Gasteiger partial charge in [-0.05, 0) is 12.1 Å². The molecule has 0 spiro atoms. The van der Waals surface area contributed by atoms with Crippen molar-refractivity contribution in [3.63, 3.8) is 0 Å². The largest absolute Gasteiger partial charge is 0.405 e. The van der Waals surface area contributed by atoms with E-state index in [0.717, 1.165) is 0 Å². The molecule has 1 heterocycles. The number of hydrazine groups is 1. The van der Waals surface area contributed by atoms with Crippen LogP contribution in [0.4, 0.5) is 26.3 Å². The van der Waals surface area contributed by atoms with E-state index in [0.29, 0.717) is 0 Å². The first-order chi connectivity index (χ1) is 10.0. The van der Waals surface area contributed by atoms with E-state index in [1.54, 1.807) is 4.72 Å². The molecule has 0 bridgehead atoms. The third-order valence-electron chi connectivity index (χ3n) is 2.86. The first-order valence-electron chi connectivity index (χ1n) is 5.75. The predicted molar refractivity (Wildman–Crippen MR) is 61.2 cm³/mol. The number of rotatable bonds is 3. The Hall–Kier alpha value is -1.37.